The molecule has 0 aliphatic heterocycles. The maximum atomic E-state index is 12.9. The normalized spacial score (nSPS) is 13.7. The van der Waals surface area contributed by atoms with Crippen molar-refractivity contribution >= 4 is 19.8 Å². The minimum atomic E-state index is -4.40. The zero-order valence-corrected chi connectivity index (χ0v) is 62.8. The number of nitrogens with zero attached hydrogens (tertiary/aromatic N) is 1. The van der Waals surface area contributed by atoms with Crippen LogP contribution in [0.4, 0.5) is 0 Å². The molecule has 0 heterocycles. The third-order valence-corrected chi connectivity index (χ3v) is 18.0. The molecule has 0 aromatic heterocycles. The van der Waals surface area contributed by atoms with Crippen LogP contribution in [-0.4, -0.2) is 74.9 Å². The fourth-order valence-corrected chi connectivity index (χ4v) is 11.7. The lowest BCUT2D eigenvalue weighted by atomic mass is 10.0. The summed E-state index contributed by atoms with van der Waals surface area (Å²) < 4.78 is 34.8. The van der Waals surface area contributed by atoms with Crippen molar-refractivity contribution in [2.75, 3.05) is 47.5 Å². The number of carbonyl (C=O) groups is 2. The highest BCUT2D eigenvalue weighted by atomic mass is 31.2. The van der Waals surface area contributed by atoms with E-state index < -0.39 is 26.5 Å². The van der Waals surface area contributed by atoms with E-state index in [-0.39, 0.29) is 32.0 Å². The summed E-state index contributed by atoms with van der Waals surface area (Å²) in [4.78, 5) is 36.0. The van der Waals surface area contributed by atoms with E-state index in [2.05, 4.69) is 135 Å². The topological polar surface area (TPSA) is 108 Å². The molecular weight excluding hydrogens is 1180 g/mol. The van der Waals surface area contributed by atoms with Crippen molar-refractivity contribution in [1.82, 2.24) is 0 Å². The van der Waals surface area contributed by atoms with Crippen LogP contribution in [0.2, 0.25) is 0 Å². The Hall–Kier alpha value is -3.59. The molecule has 0 aromatic carbocycles. The summed E-state index contributed by atoms with van der Waals surface area (Å²) in [5.41, 5.74) is 0. The van der Waals surface area contributed by atoms with Crippen molar-refractivity contribution in [1.29, 1.82) is 0 Å². The number of carbonyl (C=O) groups excluding carboxylic acids is 2. The number of allylic oxidation sites excluding steroid dienone is 20. The van der Waals surface area contributed by atoms with Gasteiger partial charge in [0, 0.05) is 12.8 Å². The van der Waals surface area contributed by atoms with Gasteiger partial charge in [-0.05, 0) is 109 Å². The number of unbranched alkanes of at least 4 members (excludes halogenated alkanes) is 38. The van der Waals surface area contributed by atoms with Gasteiger partial charge in [-0.2, -0.15) is 0 Å². The summed E-state index contributed by atoms with van der Waals surface area (Å²) in [5, 5.41) is 0. The van der Waals surface area contributed by atoms with Gasteiger partial charge in [0.1, 0.15) is 19.8 Å². The molecule has 0 saturated carbocycles. The predicted molar refractivity (Wildman–Crippen MR) is 408 cm³/mol. The lowest BCUT2D eigenvalue weighted by Crippen LogP contribution is -2.37. The van der Waals surface area contributed by atoms with Gasteiger partial charge in [-0.25, -0.2) is 4.57 Å². The van der Waals surface area contributed by atoms with Crippen LogP contribution in [0.5, 0.6) is 0 Å². The van der Waals surface area contributed by atoms with Gasteiger partial charge in [0.2, 0.25) is 0 Å². The van der Waals surface area contributed by atoms with Gasteiger partial charge in [0.25, 0.3) is 0 Å². The van der Waals surface area contributed by atoms with Gasteiger partial charge in [-0.15, -0.1) is 0 Å². The third-order valence-electron chi connectivity index (χ3n) is 17.0. The monoisotopic (exact) mass is 1330 g/mol. The molecule has 0 fully saturated rings. The smallest absolute Gasteiger partial charge is 0.462 e. The average Bonchev–Trinajstić information content (AvgIpc) is 1.56. The summed E-state index contributed by atoms with van der Waals surface area (Å²) in [5.74, 6) is -0.800. The summed E-state index contributed by atoms with van der Waals surface area (Å²) in [6.07, 6.45) is 106. The van der Waals surface area contributed by atoms with E-state index in [1.54, 1.807) is 0 Å². The number of quaternary nitrogens is 1. The van der Waals surface area contributed by atoms with E-state index in [0.29, 0.717) is 17.4 Å². The van der Waals surface area contributed by atoms with Gasteiger partial charge in [-0.3, -0.25) is 18.6 Å². The molecule has 9 nitrogen and oxygen atoms in total. The van der Waals surface area contributed by atoms with Crippen LogP contribution in [0, 0.1) is 0 Å². The standard InChI is InChI=1S/C84H148NO8P/c1-6-8-10-12-14-16-18-20-22-24-26-28-30-32-34-36-38-40-41-42-43-45-46-48-50-52-54-56-58-60-62-64-66-68-70-72-74-76-83(86)90-80-82(81-92-94(88,89)91-79-78-85(3,4)5)93-84(87)77-75-73-71-69-67-65-63-61-59-57-55-53-51-49-47-44-39-37-35-33-31-29-27-25-23-21-19-17-15-13-11-9-7-2/h9,11,15,17-18,20-21,23-24,26-27,29,33,35,39,44,49,51,55,57,82H,6-8,10,12-14,16,19,22,25,28,30-32,34,36-38,40-43,45-48,50,52-54,56,58-81H2,1-5H3/p+1/b11-9-,17-15-,20-18-,23-21-,26-24-,29-27-,35-33-,44-39-,51-49-,57-55-. The lowest BCUT2D eigenvalue weighted by molar-refractivity contribution is -0.870. The van der Waals surface area contributed by atoms with Crippen LogP contribution < -0.4 is 0 Å². The van der Waals surface area contributed by atoms with Gasteiger partial charge >= 0.3 is 19.8 Å². The van der Waals surface area contributed by atoms with E-state index >= 15 is 0 Å². The molecule has 0 saturated heterocycles. The fourth-order valence-electron chi connectivity index (χ4n) is 11.0. The van der Waals surface area contributed by atoms with Crippen molar-refractivity contribution in [3.05, 3.63) is 122 Å². The molecule has 0 aliphatic carbocycles. The molecule has 0 aliphatic rings. The molecule has 0 spiro atoms. The van der Waals surface area contributed by atoms with Crippen molar-refractivity contribution in [2.45, 2.75) is 354 Å². The summed E-state index contributed by atoms with van der Waals surface area (Å²) >= 11 is 0. The maximum Gasteiger partial charge on any atom is 0.472 e. The average molecular weight is 1330 g/mol. The largest absolute Gasteiger partial charge is 0.472 e. The van der Waals surface area contributed by atoms with Gasteiger partial charge in [-0.1, -0.05) is 347 Å². The minimum absolute atomic E-state index is 0.0260. The number of esters is 2. The fraction of sp³-hybridized carbons (Fsp3) is 0.738. The van der Waals surface area contributed by atoms with Gasteiger partial charge in [0.15, 0.2) is 6.10 Å². The molecule has 0 amide bonds. The molecule has 542 valence electrons. The van der Waals surface area contributed by atoms with Crippen LogP contribution in [0.1, 0.15) is 348 Å². The molecule has 0 bridgehead atoms. The zero-order chi connectivity index (χ0) is 68.3. The quantitative estimate of drug-likeness (QED) is 0.0211. The number of rotatable bonds is 72. The van der Waals surface area contributed by atoms with E-state index in [9.17, 15) is 19.0 Å². The van der Waals surface area contributed by atoms with Crippen molar-refractivity contribution < 1.29 is 42.1 Å². The Kier molecular flexibility index (Phi) is 70.8. The van der Waals surface area contributed by atoms with Gasteiger partial charge < -0.3 is 18.9 Å². The zero-order valence-electron chi connectivity index (χ0n) is 61.9. The Bertz CT molecular complexity index is 2010. The van der Waals surface area contributed by atoms with Crippen LogP contribution in [-0.2, 0) is 32.7 Å². The third kappa shape index (κ3) is 77.4. The highest BCUT2D eigenvalue weighted by Crippen LogP contribution is 2.43. The second-order valence-corrected chi connectivity index (χ2v) is 28.8. The van der Waals surface area contributed by atoms with Crippen LogP contribution in [0.3, 0.4) is 0 Å². The molecule has 2 unspecified atom stereocenters. The number of phosphoric acid groups is 1. The number of hydrogen-bond acceptors (Lipinski definition) is 7. The maximum absolute atomic E-state index is 12.9. The second kappa shape index (κ2) is 73.7. The minimum Gasteiger partial charge on any atom is -0.462 e. The Labute approximate surface area is 581 Å². The Morgan fingerprint density at radius 1 is 0.340 bits per heavy atom. The summed E-state index contributed by atoms with van der Waals surface area (Å²) in [6.45, 7) is 4.33. The first-order valence-electron chi connectivity index (χ1n) is 39.3. The second-order valence-electron chi connectivity index (χ2n) is 27.4. The van der Waals surface area contributed by atoms with Gasteiger partial charge in [0.05, 0.1) is 27.7 Å². The van der Waals surface area contributed by atoms with E-state index in [1.807, 2.05) is 21.1 Å². The number of likely N-dealkylation sites (N-methyl/N-ethyl adjacent to an activating group) is 1. The molecule has 10 heteroatoms. The summed E-state index contributed by atoms with van der Waals surface area (Å²) in [6, 6.07) is 0. The van der Waals surface area contributed by atoms with E-state index in [4.69, 9.17) is 18.5 Å². The van der Waals surface area contributed by atoms with Crippen LogP contribution in [0.25, 0.3) is 0 Å². The predicted octanol–water partition coefficient (Wildman–Crippen LogP) is 26.2. The Balaban J connectivity index is 4.00. The first-order valence-corrected chi connectivity index (χ1v) is 40.8. The molecule has 0 rings (SSSR count). The van der Waals surface area contributed by atoms with Crippen molar-refractivity contribution in [3.63, 3.8) is 0 Å². The molecule has 2 atom stereocenters. The lowest BCUT2D eigenvalue weighted by Gasteiger charge is -2.24. The SMILES string of the molecule is CC/C=C\C/C=C\C/C=C\C/C=C\C/C=C\C/C=C\C/C=C\C/C=C\CCCCCCCCCCC(=O)OC(COC(=O)CCCCCCCCCCCCCCCCCCCCCCCCCCC/C=C\C/C=C\CCCCCCC)COP(=O)(O)OCC[N+](C)(C)C. The van der Waals surface area contributed by atoms with Crippen molar-refractivity contribution in [2.24, 2.45) is 0 Å². The number of hydrogen-bond donors (Lipinski definition) is 1. The molecule has 94 heavy (non-hydrogen) atoms. The van der Waals surface area contributed by atoms with Crippen LogP contribution >= 0.6 is 7.82 Å². The summed E-state index contributed by atoms with van der Waals surface area (Å²) in [7, 11) is 1.47. The molecule has 0 radical (unpaired) electrons. The molecular formula is C84H149NO8P+. The van der Waals surface area contributed by atoms with E-state index in [0.717, 1.165) is 103 Å². The highest BCUT2D eigenvalue weighted by molar-refractivity contribution is 7.47. The first kappa shape index (κ1) is 90.4. The highest BCUT2D eigenvalue weighted by Gasteiger charge is 2.27. The Morgan fingerprint density at radius 2 is 0.606 bits per heavy atom. The first-order chi connectivity index (χ1) is 46.0. The number of phosphoric ester groups is 1. The number of ether oxygens (including phenoxy) is 2. The molecule has 0 aromatic rings. The van der Waals surface area contributed by atoms with E-state index in [1.165, 1.54) is 212 Å². The Morgan fingerprint density at radius 3 is 0.904 bits per heavy atom. The van der Waals surface area contributed by atoms with Crippen LogP contribution in [0.15, 0.2) is 122 Å². The van der Waals surface area contributed by atoms with Crippen molar-refractivity contribution in [3.8, 4) is 0 Å². The molecule has 1 N–H and O–H groups in total.